The highest BCUT2D eigenvalue weighted by Gasteiger charge is 2.30. The van der Waals surface area contributed by atoms with Crippen LogP contribution in [0, 0.1) is 0 Å². The molecule has 0 amide bonds. The third-order valence-corrected chi connectivity index (χ3v) is 4.97. The molecular formula is C23H31F3N5+. The summed E-state index contributed by atoms with van der Waals surface area (Å²) in [7, 11) is 0. The number of rotatable bonds is 8. The van der Waals surface area contributed by atoms with Gasteiger partial charge in [-0.25, -0.2) is 0 Å². The van der Waals surface area contributed by atoms with Gasteiger partial charge in [-0.1, -0.05) is 0 Å². The molecule has 2 aromatic rings. The standard InChI is InChI=1S/C23H30F3N5/c1-5-29(6-2)22(30(7-3)8-4)28-27-17-9-11-20-12-10-18-31(20)21-15-13-19(14-16-21)23(24,25)26/h9-18H,5-8H2,1-4H3/p+1. The molecule has 0 unspecified atom stereocenters. The highest BCUT2D eigenvalue weighted by molar-refractivity contribution is 5.81. The van der Waals surface area contributed by atoms with Crippen molar-refractivity contribution in [2.75, 3.05) is 26.2 Å². The summed E-state index contributed by atoms with van der Waals surface area (Å²) in [4.78, 5) is 2.21. The smallest absolute Gasteiger partial charge is 0.317 e. The van der Waals surface area contributed by atoms with E-state index in [0.29, 0.717) is 5.69 Å². The van der Waals surface area contributed by atoms with Gasteiger partial charge in [-0.15, -0.1) is 5.10 Å². The van der Waals surface area contributed by atoms with Crippen molar-refractivity contribution in [2.45, 2.75) is 33.9 Å². The Balaban J connectivity index is 2.13. The highest BCUT2D eigenvalue weighted by atomic mass is 19.4. The Kier molecular flexibility index (Phi) is 8.90. The monoisotopic (exact) mass is 434 g/mol. The number of benzene rings is 1. The van der Waals surface area contributed by atoms with Crippen molar-refractivity contribution >= 4 is 18.3 Å². The second-order valence-corrected chi connectivity index (χ2v) is 6.76. The van der Waals surface area contributed by atoms with Gasteiger partial charge in [-0.3, -0.25) is 9.48 Å². The summed E-state index contributed by atoms with van der Waals surface area (Å²) in [6.07, 6.45) is 2.79. The van der Waals surface area contributed by atoms with Crippen molar-refractivity contribution in [3.05, 3.63) is 59.9 Å². The van der Waals surface area contributed by atoms with E-state index in [1.165, 1.54) is 12.1 Å². The molecule has 8 heteroatoms. The highest BCUT2D eigenvalue weighted by Crippen LogP contribution is 2.29. The fourth-order valence-electron chi connectivity index (χ4n) is 3.24. The van der Waals surface area contributed by atoms with E-state index < -0.39 is 11.7 Å². The number of aromatic nitrogens is 1. The van der Waals surface area contributed by atoms with Gasteiger partial charge in [0, 0.05) is 17.6 Å². The molecule has 0 fully saturated rings. The van der Waals surface area contributed by atoms with Gasteiger partial charge in [0.05, 0.1) is 38.0 Å². The van der Waals surface area contributed by atoms with Crippen LogP contribution >= 0.6 is 0 Å². The first-order valence-electron chi connectivity index (χ1n) is 10.5. The average Bonchev–Trinajstić information content (AvgIpc) is 3.22. The first kappa shape index (κ1) is 24.2. The molecule has 0 saturated carbocycles. The maximum absolute atomic E-state index is 12.8. The van der Waals surface area contributed by atoms with Gasteiger partial charge in [0.15, 0.2) is 0 Å². The first-order chi connectivity index (χ1) is 14.8. The van der Waals surface area contributed by atoms with Gasteiger partial charge < -0.3 is 4.57 Å². The maximum atomic E-state index is 12.8. The summed E-state index contributed by atoms with van der Waals surface area (Å²) in [5.74, 6) is 0.966. The topological polar surface area (TPSA) is 35.6 Å². The van der Waals surface area contributed by atoms with Crippen molar-refractivity contribution in [3.8, 4) is 5.69 Å². The van der Waals surface area contributed by atoms with Crippen molar-refractivity contribution in [1.82, 2.24) is 14.9 Å². The predicted molar refractivity (Wildman–Crippen MR) is 121 cm³/mol. The van der Waals surface area contributed by atoms with Gasteiger partial charge in [-0.2, -0.15) is 18.6 Å². The molecule has 0 aliphatic heterocycles. The van der Waals surface area contributed by atoms with Gasteiger partial charge >= 0.3 is 12.1 Å². The summed E-state index contributed by atoms with van der Waals surface area (Å²) in [5, 5.41) is 4.33. The third kappa shape index (κ3) is 6.47. The summed E-state index contributed by atoms with van der Waals surface area (Å²) in [6.45, 7) is 11.9. The normalized spacial score (nSPS) is 12.0. The number of guanidine groups is 1. The quantitative estimate of drug-likeness (QED) is 0.279. The van der Waals surface area contributed by atoms with Crippen LogP contribution in [-0.4, -0.2) is 52.4 Å². The Morgan fingerprint density at radius 3 is 2.26 bits per heavy atom. The molecule has 1 N–H and O–H groups in total. The summed E-state index contributed by atoms with van der Waals surface area (Å²) in [5.41, 5.74) is 3.98. The van der Waals surface area contributed by atoms with Crippen LogP contribution < -0.4 is 5.43 Å². The van der Waals surface area contributed by atoms with Gasteiger partial charge in [-0.05, 0) is 76.2 Å². The molecule has 0 aliphatic rings. The molecule has 0 spiro atoms. The van der Waals surface area contributed by atoms with Crippen LogP contribution in [0.15, 0.2) is 53.8 Å². The summed E-state index contributed by atoms with van der Waals surface area (Å²) < 4.78 is 42.4. The molecule has 1 aromatic carbocycles. The number of allylic oxidation sites excluding steroid dienone is 1. The second kappa shape index (κ2) is 11.4. The Hall–Kier alpha value is -3.03. The van der Waals surface area contributed by atoms with E-state index in [2.05, 4.69) is 47.7 Å². The van der Waals surface area contributed by atoms with E-state index >= 15 is 0 Å². The van der Waals surface area contributed by atoms with E-state index in [0.717, 1.165) is 50.0 Å². The van der Waals surface area contributed by atoms with Gasteiger partial charge in [0.25, 0.3) is 0 Å². The van der Waals surface area contributed by atoms with E-state index in [-0.39, 0.29) is 0 Å². The number of nitrogens with one attached hydrogen (secondary N) is 1. The lowest BCUT2D eigenvalue weighted by atomic mass is 10.2. The van der Waals surface area contributed by atoms with Crippen molar-refractivity contribution in [1.29, 1.82) is 0 Å². The largest absolute Gasteiger partial charge is 0.416 e. The third-order valence-electron chi connectivity index (χ3n) is 4.97. The van der Waals surface area contributed by atoms with Crippen LogP contribution in [0.2, 0.25) is 0 Å². The SMILES string of the molecule is CCN(CC)C(NN=CC=Cc1cccn1-c1ccc(C(F)(F)F)cc1)=[N+](CC)CC. The Morgan fingerprint density at radius 2 is 1.71 bits per heavy atom. The fourth-order valence-corrected chi connectivity index (χ4v) is 3.24. The average molecular weight is 435 g/mol. The van der Waals surface area contributed by atoms with Crippen LogP contribution in [0.1, 0.15) is 39.0 Å². The molecule has 0 radical (unpaired) electrons. The lowest BCUT2D eigenvalue weighted by Crippen LogP contribution is -2.45. The molecule has 0 bridgehead atoms. The number of hydrazone groups is 1. The number of hydrogen-bond acceptors (Lipinski definition) is 1. The molecule has 168 valence electrons. The molecule has 5 nitrogen and oxygen atoms in total. The lowest BCUT2D eigenvalue weighted by molar-refractivity contribution is -0.527. The second-order valence-electron chi connectivity index (χ2n) is 6.76. The number of alkyl halides is 3. The first-order valence-corrected chi connectivity index (χ1v) is 10.5. The van der Waals surface area contributed by atoms with Gasteiger partial charge in [0.2, 0.25) is 0 Å². The lowest BCUT2D eigenvalue weighted by Gasteiger charge is -2.18. The van der Waals surface area contributed by atoms with Crippen LogP contribution in [0.4, 0.5) is 13.2 Å². The minimum Gasteiger partial charge on any atom is -0.317 e. The zero-order chi connectivity index (χ0) is 22.9. The maximum Gasteiger partial charge on any atom is 0.416 e. The number of nitrogens with zero attached hydrogens (tertiary/aromatic N) is 4. The molecule has 31 heavy (non-hydrogen) atoms. The minimum absolute atomic E-state index is 0.659. The van der Waals surface area contributed by atoms with Crippen molar-refractivity contribution in [3.63, 3.8) is 0 Å². The molecule has 0 aliphatic carbocycles. The fraction of sp³-hybridized carbons (Fsp3) is 0.391. The molecular weight excluding hydrogens is 403 g/mol. The van der Waals surface area contributed by atoms with E-state index in [4.69, 9.17) is 0 Å². The Bertz CT molecular complexity index is 898. The zero-order valence-electron chi connectivity index (χ0n) is 18.5. The minimum atomic E-state index is -4.34. The Morgan fingerprint density at radius 1 is 1.06 bits per heavy atom. The van der Waals surface area contributed by atoms with Crippen LogP contribution in [0.5, 0.6) is 0 Å². The molecule has 1 heterocycles. The van der Waals surface area contributed by atoms with E-state index in [1.807, 2.05) is 29.0 Å². The summed E-state index contributed by atoms with van der Waals surface area (Å²) in [6, 6.07) is 8.84. The van der Waals surface area contributed by atoms with Crippen LogP contribution in [-0.2, 0) is 6.18 Å². The predicted octanol–water partition coefficient (Wildman–Crippen LogP) is 4.83. The zero-order valence-corrected chi connectivity index (χ0v) is 18.5. The van der Waals surface area contributed by atoms with Gasteiger partial charge in [0.1, 0.15) is 0 Å². The molecule has 0 saturated heterocycles. The molecule has 2 rings (SSSR count). The molecule has 1 aromatic heterocycles. The van der Waals surface area contributed by atoms with E-state index in [9.17, 15) is 13.2 Å². The van der Waals surface area contributed by atoms with Crippen LogP contribution in [0.3, 0.4) is 0 Å². The number of hydrogen-bond donors (Lipinski definition) is 1. The van der Waals surface area contributed by atoms with Crippen LogP contribution in [0.25, 0.3) is 11.8 Å². The molecule has 0 atom stereocenters. The Labute approximate surface area is 182 Å². The van der Waals surface area contributed by atoms with Crippen molar-refractivity contribution < 1.29 is 17.7 Å². The number of halogens is 3. The van der Waals surface area contributed by atoms with E-state index in [1.54, 1.807) is 12.3 Å². The summed E-state index contributed by atoms with van der Waals surface area (Å²) >= 11 is 0. The van der Waals surface area contributed by atoms with Crippen molar-refractivity contribution in [2.24, 2.45) is 5.10 Å².